The summed E-state index contributed by atoms with van der Waals surface area (Å²) in [6.45, 7) is 3.64. The second kappa shape index (κ2) is 13.0. The molecule has 0 unspecified atom stereocenters. The van der Waals surface area contributed by atoms with Crippen LogP contribution in [0.4, 0.5) is 0 Å². The van der Waals surface area contributed by atoms with Crippen LogP contribution in [-0.2, 0) is 20.2 Å². The molecule has 0 spiro atoms. The van der Waals surface area contributed by atoms with E-state index in [1.165, 1.54) is 42.4 Å². The van der Waals surface area contributed by atoms with Crippen LogP contribution in [0.5, 0.6) is 17.2 Å². The van der Waals surface area contributed by atoms with Crippen molar-refractivity contribution in [2.75, 3.05) is 38.8 Å². The lowest BCUT2D eigenvalue weighted by Gasteiger charge is -2.15. The maximum atomic E-state index is 13.9. The molecule has 42 heavy (non-hydrogen) atoms. The predicted molar refractivity (Wildman–Crippen MR) is 166 cm³/mol. The van der Waals surface area contributed by atoms with Gasteiger partial charge in [0.2, 0.25) is 0 Å². The van der Waals surface area contributed by atoms with Gasteiger partial charge < -0.3 is 13.1 Å². The van der Waals surface area contributed by atoms with E-state index < -0.39 is 20.2 Å². The lowest BCUT2D eigenvalue weighted by molar-refractivity contribution is 0.104. The number of thiophene rings is 1. The van der Waals surface area contributed by atoms with Crippen LogP contribution in [0, 0.1) is 0 Å². The maximum absolute atomic E-state index is 13.9. The van der Waals surface area contributed by atoms with E-state index in [1.807, 2.05) is 0 Å². The number of halogens is 1. The minimum Gasteiger partial charge on any atom is -0.492 e. The standard InChI is InChI=1S/C29H29NO8S3.ClH/c1-40(32,33)37-23-11-7-21(8-12-23)29-27(25-14-13-24(19-26(25)39-29)38-41(2,34)35)28(31)20-5-9-22(10-6-20)36-18-17-30-15-3-4-16-30;/h5-14,19H,3-4,15-18H2,1-2H3;1H. The number of hydrogen-bond donors (Lipinski definition) is 0. The molecule has 1 aromatic heterocycles. The number of nitrogens with zero attached hydrogens (tertiary/aromatic N) is 1. The first kappa shape index (κ1) is 31.8. The van der Waals surface area contributed by atoms with E-state index in [-0.39, 0.29) is 29.7 Å². The zero-order valence-electron chi connectivity index (χ0n) is 22.9. The third-order valence-electron chi connectivity index (χ3n) is 6.49. The maximum Gasteiger partial charge on any atom is 0.306 e. The second-order valence-electron chi connectivity index (χ2n) is 9.81. The Labute approximate surface area is 255 Å². The van der Waals surface area contributed by atoms with Gasteiger partial charge in [-0.2, -0.15) is 16.8 Å². The summed E-state index contributed by atoms with van der Waals surface area (Å²) in [6, 6.07) is 18.2. The van der Waals surface area contributed by atoms with Gasteiger partial charge in [0, 0.05) is 32.6 Å². The van der Waals surface area contributed by atoms with Crippen molar-refractivity contribution in [3.63, 3.8) is 0 Å². The number of benzene rings is 3. The number of ether oxygens (including phenoxy) is 1. The predicted octanol–water partition coefficient (Wildman–Crippen LogP) is 5.37. The summed E-state index contributed by atoms with van der Waals surface area (Å²) in [6.07, 6.45) is 4.37. The Bertz CT molecular complexity index is 1780. The van der Waals surface area contributed by atoms with E-state index >= 15 is 0 Å². The number of rotatable bonds is 11. The van der Waals surface area contributed by atoms with E-state index in [9.17, 15) is 21.6 Å². The molecule has 0 amide bonds. The normalized spacial score (nSPS) is 14.0. The first-order valence-electron chi connectivity index (χ1n) is 12.9. The summed E-state index contributed by atoms with van der Waals surface area (Å²) in [5, 5.41) is 0.637. The van der Waals surface area contributed by atoms with Crippen LogP contribution in [0.1, 0.15) is 28.8 Å². The molecule has 0 bridgehead atoms. The number of ketones is 1. The summed E-state index contributed by atoms with van der Waals surface area (Å²) >= 11 is 1.30. The van der Waals surface area contributed by atoms with Gasteiger partial charge in [0.15, 0.2) is 5.78 Å². The number of carbonyl (C=O) groups is 1. The van der Waals surface area contributed by atoms with Gasteiger partial charge >= 0.3 is 20.2 Å². The van der Waals surface area contributed by atoms with Gasteiger partial charge in [0.1, 0.15) is 23.9 Å². The van der Waals surface area contributed by atoms with Gasteiger partial charge in [0.05, 0.1) is 12.5 Å². The Balaban J connectivity index is 0.00000405. The molecule has 1 saturated heterocycles. The quantitative estimate of drug-likeness (QED) is 0.156. The third-order valence-corrected chi connectivity index (χ3v) is 8.68. The summed E-state index contributed by atoms with van der Waals surface area (Å²) in [7, 11) is -7.43. The Morgan fingerprint density at radius 2 is 1.38 bits per heavy atom. The molecule has 2 heterocycles. The minimum absolute atomic E-state index is 0. The van der Waals surface area contributed by atoms with Crippen molar-refractivity contribution in [3.05, 3.63) is 77.9 Å². The van der Waals surface area contributed by atoms with Crippen molar-refractivity contribution >= 4 is 59.8 Å². The Morgan fingerprint density at radius 1 is 0.810 bits per heavy atom. The van der Waals surface area contributed by atoms with Crippen molar-refractivity contribution in [1.29, 1.82) is 0 Å². The molecule has 4 aromatic rings. The highest BCUT2D eigenvalue weighted by molar-refractivity contribution is 7.86. The summed E-state index contributed by atoms with van der Waals surface area (Å²) < 4.78 is 62.9. The van der Waals surface area contributed by atoms with Crippen LogP contribution >= 0.6 is 23.7 Å². The van der Waals surface area contributed by atoms with E-state index in [0.29, 0.717) is 44.0 Å². The smallest absolute Gasteiger partial charge is 0.306 e. The molecule has 0 N–H and O–H groups in total. The summed E-state index contributed by atoms with van der Waals surface area (Å²) in [5.41, 5.74) is 1.57. The molecule has 1 aliphatic heterocycles. The first-order chi connectivity index (χ1) is 19.4. The molecule has 9 nitrogen and oxygen atoms in total. The fourth-order valence-corrected chi connectivity index (χ4v) is 6.86. The van der Waals surface area contributed by atoms with Crippen LogP contribution in [-0.4, -0.2) is 66.3 Å². The minimum atomic E-state index is -3.74. The number of hydrogen-bond acceptors (Lipinski definition) is 10. The fraction of sp³-hybridized carbons (Fsp3) is 0.276. The van der Waals surface area contributed by atoms with Crippen molar-refractivity contribution in [3.8, 4) is 27.7 Å². The van der Waals surface area contributed by atoms with E-state index in [0.717, 1.165) is 32.1 Å². The van der Waals surface area contributed by atoms with Gasteiger partial charge in [-0.1, -0.05) is 0 Å². The molecular formula is C29H30ClNO8S3. The lowest BCUT2D eigenvalue weighted by Crippen LogP contribution is -2.25. The zero-order valence-corrected chi connectivity index (χ0v) is 26.2. The highest BCUT2D eigenvalue weighted by Gasteiger charge is 2.23. The zero-order chi connectivity index (χ0) is 29.2. The molecule has 0 radical (unpaired) electrons. The van der Waals surface area contributed by atoms with E-state index in [1.54, 1.807) is 48.5 Å². The first-order valence-corrected chi connectivity index (χ1v) is 17.4. The fourth-order valence-electron chi connectivity index (χ4n) is 4.71. The van der Waals surface area contributed by atoms with Gasteiger partial charge in [-0.05, 0) is 98.2 Å². The van der Waals surface area contributed by atoms with Gasteiger partial charge in [-0.25, -0.2) is 0 Å². The molecule has 13 heteroatoms. The Kier molecular flexibility index (Phi) is 9.84. The molecule has 224 valence electrons. The van der Waals surface area contributed by atoms with E-state index in [2.05, 4.69) is 4.90 Å². The van der Waals surface area contributed by atoms with Crippen LogP contribution in [0.3, 0.4) is 0 Å². The average Bonchev–Trinajstić information content (AvgIpc) is 3.55. The SMILES string of the molecule is CS(=O)(=O)Oc1ccc(-c2sc3cc(OS(C)(=O)=O)ccc3c2C(=O)c2ccc(OCCN3CCCC3)cc2)cc1.Cl. The van der Waals surface area contributed by atoms with Gasteiger partial charge in [0.25, 0.3) is 0 Å². The molecular weight excluding hydrogens is 622 g/mol. The highest BCUT2D eigenvalue weighted by atomic mass is 35.5. The van der Waals surface area contributed by atoms with Crippen molar-refractivity contribution < 1.29 is 34.7 Å². The largest absolute Gasteiger partial charge is 0.492 e. The Hall–Kier alpha value is -3.16. The van der Waals surface area contributed by atoms with Crippen LogP contribution < -0.4 is 13.1 Å². The van der Waals surface area contributed by atoms with Crippen molar-refractivity contribution in [2.45, 2.75) is 12.8 Å². The number of fused-ring (bicyclic) bond motifs is 1. The Morgan fingerprint density at radius 3 is 2.00 bits per heavy atom. The molecule has 3 aromatic carbocycles. The monoisotopic (exact) mass is 651 g/mol. The molecule has 5 rings (SSSR count). The molecule has 0 atom stereocenters. The highest BCUT2D eigenvalue weighted by Crippen LogP contribution is 2.42. The van der Waals surface area contributed by atoms with Gasteiger partial charge in [-0.15, -0.1) is 23.7 Å². The molecule has 0 aliphatic carbocycles. The number of likely N-dealkylation sites (tertiary alicyclic amines) is 1. The topological polar surface area (TPSA) is 116 Å². The molecule has 0 saturated carbocycles. The van der Waals surface area contributed by atoms with Crippen LogP contribution in [0.15, 0.2) is 66.7 Å². The van der Waals surface area contributed by atoms with Crippen molar-refractivity contribution in [2.24, 2.45) is 0 Å². The second-order valence-corrected chi connectivity index (χ2v) is 14.0. The molecule has 1 fully saturated rings. The average molecular weight is 652 g/mol. The van der Waals surface area contributed by atoms with Crippen LogP contribution in [0.2, 0.25) is 0 Å². The van der Waals surface area contributed by atoms with Crippen LogP contribution in [0.25, 0.3) is 20.5 Å². The summed E-state index contributed by atoms with van der Waals surface area (Å²) in [4.78, 5) is 16.9. The van der Waals surface area contributed by atoms with E-state index in [4.69, 9.17) is 13.1 Å². The van der Waals surface area contributed by atoms with Crippen molar-refractivity contribution in [1.82, 2.24) is 4.90 Å². The molecule has 1 aliphatic rings. The van der Waals surface area contributed by atoms with Gasteiger partial charge in [-0.3, -0.25) is 9.69 Å². The lowest BCUT2D eigenvalue weighted by atomic mass is 9.97. The summed E-state index contributed by atoms with van der Waals surface area (Å²) in [5.74, 6) is 0.747. The third kappa shape index (κ3) is 8.01. The number of carbonyl (C=O) groups excluding carboxylic acids is 1.